The van der Waals surface area contributed by atoms with Crippen LogP contribution in [0.4, 0.5) is 0 Å². The van der Waals surface area contributed by atoms with E-state index in [2.05, 4.69) is 0 Å². The van der Waals surface area contributed by atoms with Gasteiger partial charge in [-0.15, -0.1) is 0 Å². The quantitative estimate of drug-likeness (QED) is 0.590. The number of carbonyl (C=O) groups is 1. The molecular weight excluding hydrogens is 294 g/mol. The van der Waals surface area contributed by atoms with Crippen molar-refractivity contribution < 1.29 is 22.9 Å². The minimum absolute atomic E-state index is 0.0311. The minimum Gasteiger partial charge on any atom is -0.506 e. The van der Waals surface area contributed by atoms with Crippen LogP contribution < -0.4 is 0 Å². The Morgan fingerprint density at radius 1 is 0.952 bits per heavy atom. The highest BCUT2D eigenvalue weighted by molar-refractivity contribution is 7.86. The topological polar surface area (TPSA) is 116 Å². The zero-order valence-electron chi connectivity index (χ0n) is 10.5. The summed E-state index contributed by atoms with van der Waals surface area (Å²) in [5.41, 5.74) is 0.299. The Morgan fingerprint density at radius 3 is 2.19 bits per heavy atom. The van der Waals surface area contributed by atoms with Crippen LogP contribution in [0.15, 0.2) is 41.3 Å². The maximum atomic E-state index is 12.3. The van der Waals surface area contributed by atoms with Gasteiger partial charge < -0.3 is 5.11 Å². The van der Waals surface area contributed by atoms with Gasteiger partial charge in [-0.1, -0.05) is 24.3 Å². The highest BCUT2D eigenvalue weighted by atomic mass is 32.2. The standard InChI is InChI=1S/C14H9NO5S/c15-12-7-3-1-2-4-8(7)13(16)9-5-6-10(21(18,19)20)14(17)11(9)12/h1-6,15,17H,(H,18,19,20). The molecule has 0 unspecified atom stereocenters. The second-order valence-corrected chi connectivity index (χ2v) is 5.95. The Morgan fingerprint density at radius 2 is 1.57 bits per heavy atom. The highest BCUT2D eigenvalue weighted by Crippen LogP contribution is 2.36. The molecule has 0 radical (unpaired) electrons. The van der Waals surface area contributed by atoms with E-state index in [1.54, 1.807) is 18.2 Å². The lowest BCUT2D eigenvalue weighted by Gasteiger charge is -2.21. The van der Waals surface area contributed by atoms with Gasteiger partial charge >= 0.3 is 0 Å². The van der Waals surface area contributed by atoms with E-state index in [0.717, 1.165) is 6.07 Å². The van der Waals surface area contributed by atoms with Crippen LogP contribution in [-0.2, 0) is 10.1 Å². The number of fused-ring (bicyclic) bond motifs is 2. The van der Waals surface area contributed by atoms with Crippen molar-refractivity contribution in [2.45, 2.75) is 4.90 Å². The molecular formula is C14H9NO5S. The molecule has 0 amide bonds. The number of carbonyl (C=O) groups excluding carboxylic acids is 1. The Labute approximate surface area is 119 Å². The molecule has 0 spiro atoms. The number of hydrogen-bond acceptors (Lipinski definition) is 5. The van der Waals surface area contributed by atoms with Crippen molar-refractivity contribution in [3.8, 4) is 5.75 Å². The van der Waals surface area contributed by atoms with E-state index < -0.39 is 26.5 Å². The summed E-state index contributed by atoms with van der Waals surface area (Å²) < 4.78 is 31.5. The largest absolute Gasteiger partial charge is 0.506 e. The van der Waals surface area contributed by atoms with Gasteiger partial charge in [-0.2, -0.15) is 8.42 Å². The van der Waals surface area contributed by atoms with E-state index in [-0.39, 0.29) is 16.8 Å². The molecule has 1 aliphatic rings. The normalized spacial score (nSPS) is 13.8. The smallest absolute Gasteiger partial charge is 0.298 e. The van der Waals surface area contributed by atoms with Crippen LogP contribution in [0.25, 0.3) is 0 Å². The van der Waals surface area contributed by atoms with Crippen LogP contribution >= 0.6 is 0 Å². The fourth-order valence-corrected chi connectivity index (χ4v) is 2.99. The van der Waals surface area contributed by atoms with Crippen molar-refractivity contribution in [3.63, 3.8) is 0 Å². The second kappa shape index (κ2) is 4.24. The van der Waals surface area contributed by atoms with Crippen molar-refractivity contribution in [1.82, 2.24) is 0 Å². The summed E-state index contributed by atoms with van der Waals surface area (Å²) in [6, 6.07) is 8.52. The molecule has 0 bridgehead atoms. The number of phenolic OH excluding ortho intramolecular Hbond substituents is 1. The molecule has 6 nitrogen and oxygen atoms in total. The molecule has 0 saturated carbocycles. The number of ketones is 1. The second-order valence-electron chi connectivity index (χ2n) is 4.56. The SMILES string of the molecule is N=C1c2ccccc2C(=O)c2ccc(S(=O)(=O)O)c(O)c21. The molecule has 0 aromatic heterocycles. The van der Waals surface area contributed by atoms with Crippen LogP contribution in [-0.4, -0.2) is 29.6 Å². The van der Waals surface area contributed by atoms with E-state index in [0.29, 0.717) is 11.1 Å². The Bertz CT molecular complexity index is 915. The summed E-state index contributed by atoms with van der Waals surface area (Å²) in [5, 5.41) is 18.1. The van der Waals surface area contributed by atoms with Crippen LogP contribution in [0.2, 0.25) is 0 Å². The first-order chi connectivity index (χ1) is 9.82. The molecule has 3 N–H and O–H groups in total. The number of phenols is 1. The van der Waals surface area contributed by atoms with Crippen molar-refractivity contribution >= 4 is 21.6 Å². The first-order valence-corrected chi connectivity index (χ1v) is 7.33. The van der Waals surface area contributed by atoms with Crippen LogP contribution in [0.5, 0.6) is 5.75 Å². The van der Waals surface area contributed by atoms with Gasteiger partial charge in [0.15, 0.2) is 5.78 Å². The first-order valence-electron chi connectivity index (χ1n) is 5.89. The van der Waals surface area contributed by atoms with Gasteiger partial charge in [-0.25, -0.2) is 0 Å². The summed E-state index contributed by atoms with van der Waals surface area (Å²) in [5.74, 6) is -1.20. The van der Waals surface area contributed by atoms with Crippen molar-refractivity contribution in [1.29, 1.82) is 5.41 Å². The molecule has 0 aliphatic heterocycles. The average molecular weight is 303 g/mol. The lowest BCUT2D eigenvalue weighted by molar-refractivity contribution is 0.103. The third-order valence-corrected chi connectivity index (χ3v) is 4.24. The number of nitrogens with one attached hydrogen (secondary N) is 1. The van der Waals surface area contributed by atoms with Gasteiger partial charge in [-0.3, -0.25) is 14.8 Å². The van der Waals surface area contributed by atoms with E-state index in [4.69, 9.17) is 9.96 Å². The predicted molar refractivity (Wildman–Crippen MR) is 73.7 cm³/mol. The van der Waals surface area contributed by atoms with Gasteiger partial charge in [0, 0.05) is 16.7 Å². The summed E-state index contributed by atoms with van der Waals surface area (Å²) >= 11 is 0. The van der Waals surface area contributed by atoms with E-state index >= 15 is 0 Å². The van der Waals surface area contributed by atoms with Gasteiger partial charge in [0.1, 0.15) is 10.6 Å². The minimum atomic E-state index is -4.64. The monoisotopic (exact) mass is 303 g/mol. The molecule has 7 heteroatoms. The predicted octanol–water partition coefficient (Wildman–Crippen LogP) is 1.60. The van der Waals surface area contributed by atoms with Crippen LogP contribution in [0, 0.1) is 5.41 Å². The molecule has 0 heterocycles. The third kappa shape index (κ3) is 1.86. The number of benzene rings is 2. The molecule has 21 heavy (non-hydrogen) atoms. The summed E-state index contributed by atoms with van der Waals surface area (Å²) in [6.45, 7) is 0. The molecule has 0 atom stereocenters. The lowest BCUT2D eigenvalue weighted by atomic mass is 9.83. The zero-order chi connectivity index (χ0) is 15.4. The van der Waals surface area contributed by atoms with Crippen molar-refractivity contribution in [3.05, 3.63) is 58.7 Å². The molecule has 0 fully saturated rings. The Hall–Kier alpha value is -2.51. The van der Waals surface area contributed by atoms with Crippen molar-refractivity contribution in [2.75, 3.05) is 0 Å². The summed E-state index contributed by atoms with van der Waals surface area (Å²) in [7, 11) is -4.64. The van der Waals surface area contributed by atoms with Crippen LogP contribution in [0.1, 0.15) is 27.0 Å². The maximum absolute atomic E-state index is 12.3. The molecule has 2 aromatic carbocycles. The maximum Gasteiger partial charge on any atom is 0.298 e. The number of hydrogen-bond donors (Lipinski definition) is 3. The molecule has 106 valence electrons. The fraction of sp³-hybridized carbons (Fsp3) is 0. The lowest BCUT2D eigenvalue weighted by Crippen LogP contribution is -2.21. The van der Waals surface area contributed by atoms with Crippen molar-refractivity contribution in [2.24, 2.45) is 0 Å². The van der Waals surface area contributed by atoms with Crippen LogP contribution in [0.3, 0.4) is 0 Å². The fourth-order valence-electron chi connectivity index (χ4n) is 2.40. The van der Waals surface area contributed by atoms with E-state index in [1.807, 2.05) is 0 Å². The Balaban J connectivity index is 2.37. The molecule has 1 aliphatic carbocycles. The molecule has 3 rings (SSSR count). The van der Waals surface area contributed by atoms with Gasteiger partial charge in [0.25, 0.3) is 10.1 Å². The summed E-state index contributed by atoms with van der Waals surface area (Å²) in [6.07, 6.45) is 0. The Kier molecular flexibility index (Phi) is 2.72. The van der Waals surface area contributed by atoms with E-state index in [9.17, 15) is 18.3 Å². The third-order valence-electron chi connectivity index (χ3n) is 3.35. The van der Waals surface area contributed by atoms with Gasteiger partial charge in [-0.05, 0) is 12.1 Å². The molecule has 0 saturated heterocycles. The number of rotatable bonds is 1. The average Bonchev–Trinajstić information content (AvgIpc) is 2.43. The molecule has 2 aromatic rings. The highest BCUT2D eigenvalue weighted by Gasteiger charge is 2.32. The summed E-state index contributed by atoms with van der Waals surface area (Å²) in [4.78, 5) is 11.6. The first kappa shape index (κ1) is 13.5. The van der Waals surface area contributed by atoms with E-state index in [1.165, 1.54) is 12.1 Å². The van der Waals surface area contributed by atoms with Gasteiger partial charge in [0.2, 0.25) is 0 Å². The number of aromatic hydroxyl groups is 1. The zero-order valence-corrected chi connectivity index (χ0v) is 11.3. The van der Waals surface area contributed by atoms with Gasteiger partial charge in [0.05, 0.1) is 11.3 Å².